The predicted octanol–water partition coefficient (Wildman–Crippen LogP) is 4.55. The first-order valence-corrected chi connectivity index (χ1v) is 11.7. The van der Waals surface area contributed by atoms with Crippen LogP contribution in [-0.4, -0.2) is 27.4 Å². The number of hydrazone groups is 1. The quantitative estimate of drug-likeness (QED) is 0.138. The van der Waals surface area contributed by atoms with Crippen molar-refractivity contribution in [1.82, 2.24) is 15.0 Å². The van der Waals surface area contributed by atoms with Gasteiger partial charge in [-0.1, -0.05) is 78.5 Å². The van der Waals surface area contributed by atoms with Crippen LogP contribution in [0, 0.1) is 0 Å². The Morgan fingerprint density at radius 3 is 2.59 bits per heavy atom. The number of fused-ring (bicyclic) bond motifs is 1. The number of rotatable bonds is 8. The molecule has 2 heterocycles. The summed E-state index contributed by atoms with van der Waals surface area (Å²) in [6.07, 6.45) is 3.23. The van der Waals surface area contributed by atoms with Gasteiger partial charge in [-0.2, -0.15) is 5.10 Å². The smallest absolute Gasteiger partial charge is 0.263 e. The molecule has 0 radical (unpaired) electrons. The number of thiophene rings is 1. The summed E-state index contributed by atoms with van der Waals surface area (Å²) in [5.41, 5.74) is 5.09. The lowest BCUT2D eigenvalue weighted by Gasteiger charge is -2.10. The van der Waals surface area contributed by atoms with Crippen molar-refractivity contribution in [2.75, 3.05) is 5.75 Å². The summed E-state index contributed by atoms with van der Waals surface area (Å²) < 4.78 is 1.56. The molecule has 1 amide bonds. The number of hydrogen-bond acceptors (Lipinski definition) is 6. The maximum absolute atomic E-state index is 13.3. The number of nitrogens with one attached hydrogen (secondary N) is 1. The average molecular weight is 461 g/mol. The highest BCUT2D eigenvalue weighted by molar-refractivity contribution is 7.99. The molecule has 2 aromatic carbocycles. The van der Waals surface area contributed by atoms with Gasteiger partial charge in [-0.05, 0) is 11.1 Å². The maximum atomic E-state index is 13.3. The topological polar surface area (TPSA) is 76.3 Å². The highest BCUT2D eigenvalue weighted by Gasteiger charge is 2.17. The van der Waals surface area contributed by atoms with E-state index in [9.17, 15) is 9.59 Å². The molecule has 0 atom stereocenters. The Hall–Kier alpha value is -3.49. The van der Waals surface area contributed by atoms with Gasteiger partial charge in [0.2, 0.25) is 0 Å². The highest BCUT2D eigenvalue weighted by atomic mass is 32.2. The normalized spacial score (nSPS) is 11.1. The number of carbonyl (C=O) groups is 1. The van der Waals surface area contributed by atoms with Gasteiger partial charge in [-0.25, -0.2) is 10.4 Å². The molecule has 4 rings (SSSR count). The first-order chi connectivity index (χ1) is 15.7. The third kappa shape index (κ3) is 4.87. The molecule has 0 aliphatic heterocycles. The van der Waals surface area contributed by atoms with Crippen molar-refractivity contribution in [2.24, 2.45) is 5.10 Å². The van der Waals surface area contributed by atoms with Crippen molar-refractivity contribution < 1.29 is 4.79 Å². The van der Waals surface area contributed by atoms with Gasteiger partial charge in [0.25, 0.3) is 11.5 Å². The Balaban J connectivity index is 1.55. The van der Waals surface area contributed by atoms with Crippen LogP contribution in [0.1, 0.15) is 5.56 Å². The fourth-order valence-corrected chi connectivity index (χ4v) is 4.91. The second-order valence-corrected chi connectivity index (χ2v) is 8.59. The molecule has 2 aromatic heterocycles. The minimum atomic E-state index is -0.280. The Morgan fingerprint density at radius 1 is 1.16 bits per heavy atom. The number of benzene rings is 2. The van der Waals surface area contributed by atoms with E-state index in [-0.39, 0.29) is 17.2 Å². The van der Waals surface area contributed by atoms with Crippen molar-refractivity contribution >= 4 is 45.4 Å². The van der Waals surface area contributed by atoms with Gasteiger partial charge in [0.15, 0.2) is 5.16 Å². The minimum Gasteiger partial charge on any atom is -0.283 e. The van der Waals surface area contributed by atoms with Gasteiger partial charge < -0.3 is 0 Å². The SMILES string of the molecule is C=CCn1c(SCC(=O)N/N=C/c2ccccc2)nc2scc(-c3ccccc3)c2c1=O. The van der Waals surface area contributed by atoms with E-state index in [2.05, 4.69) is 22.1 Å². The molecule has 0 unspecified atom stereocenters. The van der Waals surface area contributed by atoms with E-state index in [4.69, 9.17) is 0 Å². The zero-order valence-electron chi connectivity index (χ0n) is 17.1. The van der Waals surface area contributed by atoms with Crippen LogP contribution >= 0.6 is 23.1 Å². The lowest BCUT2D eigenvalue weighted by Crippen LogP contribution is -2.24. The van der Waals surface area contributed by atoms with E-state index >= 15 is 0 Å². The molecule has 0 aliphatic carbocycles. The molecular formula is C24H20N4O2S2. The Kier molecular flexibility index (Phi) is 6.94. The maximum Gasteiger partial charge on any atom is 0.263 e. The summed E-state index contributed by atoms with van der Waals surface area (Å²) >= 11 is 2.62. The highest BCUT2D eigenvalue weighted by Crippen LogP contribution is 2.32. The van der Waals surface area contributed by atoms with E-state index in [1.165, 1.54) is 23.1 Å². The molecular weight excluding hydrogens is 440 g/mol. The van der Waals surface area contributed by atoms with E-state index < -0.39 is 0 Å². The van der Waals surface area contributed by atoms with E-state index in [1.807, 2.05) is 66.0 Å². The molecule has 0 saturated carbocycles. The minimum absolute atomic E-state index is 0.0815. The summed E-state index contributed by atoms with van der Waals surface area (Å²) in [5, 5.41) is 6.99. The number of aromatic nitrogens is 2. The summed E-state index contributed by atoms with van der Waals surface area (Å²) in [7, 11) is 0. The summed E-state index contributed by atoms with van der Waals surface area (Å²) in [6.45, 7) is 4.07. The monoisotopic (exact) mass is 460 g/mol. The fraction of sp³-hybridized carbons (Fsp3) is 0.0833. The summed E-state index contributed by atoms with van der Waals surface area (Å²) in [4.78, 5) is 30.9. The van der Waals surface area contributed by atoms with E-state index in [1.54, 1.807) is 16.9 Å². The standard InChI is InChI=1S/C24H20N4O2S2/c1-2-13-28-23(30)21-19(18-11-7-4-8-12-18)15-31-22(21)26-24(28)32-16-20(29)27-25-14-17-9-5-3-6-10-17/h2-12,14-15H,1,13,16H2,(H,27,29)/b25-14+. The first-order valence-electron chi connectivity index (χ1n) is 9.85. The molecule has 4 aromatic rings. The zero-order valence-corrected chi connectivity index (χ0v) is 18.7. The van der Waals surface area contributed by atoms with Crippen LogP contribution in [0.3, 0.4) is 0 Å². The van der Waals surface area contributed by atoms with Gasteiger partial charge in [0.1, 0.15) is 4.83 Å². The predicted molar refractivity (Wildman–Crippen MR) is 132 cm³/mol. The van der Waals surface area contributed by atoms with Crippen LogP contribution in [0.2, 0.25) is 0 Å². The van der Waals surface area contributed by atoms with Crippen LogP contribution < -0.4 is 11.0 Å². The second-order valence-electron chi connectivity index (χ2n) is 6.79. The van der Waals surface area contributed by atoms with Gasteiger partial charge in [-0.15, -0.1) is 17.9 Å². The largest absolute Gasteiger partial charge is 0.283 e. The number of allylic oxidation sites excluding steroid dienone is 1. The number of thioether (sulfide) groups is 1. The number of hydrogen-bond donors (Lipinski definition) is 1. The van der Waals surface area contributed by atoms with Crippen molar-refractivity contribution in [1.29, 1.82) is 0 Å². The summed E-state index contributed by atoms with van der Waals surface area (Å²) in [6, 6.07) is 19.3. The number of carbonyl (C=O) groups excluding carboxylic acids is 1. The molecule has 6 nitrogen and oxygen atoms in total. The second kappa shape index (κ2) is 10.2. The van der Waals surface area contributed by atoms with Crippen molar-refractivity contribution in [3.8, 4) is 11.1 Å². The van der Waals surface area contributed by atoms with Gasteiger partial charge in [-0.3, -0.25) is 14.2 Å². The Bertz CT molecular complexity index is 1330. The Morgan fingerprint density at radius 2 is 1.88 bits per heavy atom. The molecule has 32 heavy (non-hydrogen) atoms. The van der Waals surface area contributed by atoms with Gasteiger partial charge in [0.05, 0.1) is 17.4 Å². The molecule has 0 fully saturated rings. The molecule has 1 N–H and O–H groups in total. The lowest BCUT2D eigenvalue weighted by molar-refractivity contribution is -0.118. The molecule has 0 aliphatic rings. The van der Waals surface area contributed by atoms with E-state index in [0.717, 1.165) is 16.7 Å². The summed E-state index contributed by atoms with van der Waals surface area (Å²) in [5.74, 6) is -0.198. The van der Waals surface area contributed by atoms with Crippen molar-refractivity contribution in [3.63, 3.8) is 0 Å². The Labute approximate surface area is 193 Å². The van der Waals surface area contributed by atoms with Crippen molar-refractivity contribution in [2.45, 2.75) is 11.7 Å². The first kappa shape index (κ1) is 21.7. The molecule has 8 heteroatoms. The van der Waals surface area contributed by atoms with Gasteiger partial charge >= 0.3 is 0 Å². The van der Waals surface area contributed by atoms with Crippen LogP contribution in [0.25, 0.3) is 21.3 Å². The molecule has 0 saturated heterocycles. The van der Waals surface area contributed by atoms with Crippen LogP contribution in [0.5, 0.6) is 0 Å². The van der Waals surface area contributed by atoms with Crippen LogP contribution in [0.4, 0.5) is 0 Å². The fourth-order valence-electron chi connectivity index (χ4n) is 3.12. The number of nitrogens with zero attached hydrogens (tertiary/aromatic N) is 3. The van der Waals surface area contributed by atoms with Gasteiger partial charge in [0, 0.05) is 17.5 Å². The van der Waals surface area contributed by atoms with Crippen molar-refractivity contribution in [3.05, 3.63) is 94.6 Å². The van der Waals surface area contributed by atoms with Crippen LogP contribution in [0.15, 0.2) is 93.8 Å². The molecule has 0 bridgehead atoms. The lowest BCUT2D eigenvalue weighted by atomic mass is 10.1. The molecule has 160 valence electrons. The molecule has 0 spiro atoms. The number of amides is 1. The average Bonchev–Trinajstić information content (AvgIpc) is 3.25. The zero-order chi connectivity index (χ0) is 22.3. The third-order valence-electron chi connectivity index (χ3n) is 4.59. The van der Waals surface area contributed by atoms with Crippen LogP contribution in [-0.2, 0) is 11.3 Å². The third-order valence-corrected chi connectivity index (χ3v) is 6.44. The van der Waals surface area contributed by atoms with E-state index in [0.29, 0.717) is 21.9 Å².